The number of amides is 2. The fourth-order valence-corrected chi connectivity index (χ4v) is 5.21. The first-order valence-corrected chi connectivity index (χ1v) is 8.31. The minimum Gasteiger partial charge on any atom is -0.278 e. The molecule has 1 aromatic rings. The molecule has 4 heteroatoms. The summed E-state index contributed by atoms with van der Waals surface area (Å²) >= 11 is 6.01. The minimum absolute atomic E-state index is 0.0275. The van der Waals surface area contributed by atoms with Crippen LogP contribution in [-0.4, -0.2) is 16.7 Å². The first kappa shape index (κ1) is 12.9. The van der Waals surface area contributed by atoms with Gasteiger partial charge in [-0.1, -0.05) is 35.9 Å². The molecule has 6 rings (SSSR count). The van der Waals surface area contributed by atoms with Gasteiger partial charge in [-0.3, -0.25) is 14.5 Å². The summed E-state index contributed by atoms with van der Waals surface area (Å²) in [7, 11) is 0. The fraction of sp³-hybridized carbons (Fsp3) is 0.444. The Labute approximate surface area is 133 Å². The van der Waals surface area contributed by atoms with Crippen molar-refractivity contribution in [3.8, 4) is 0 Å². The Morgan fingerprint density at radius 1 is 1.05 bits per heavy atom. The number of hydrogen-bond donors (Lipinski definition) is 0. The van der Waals surface area contributed by atoms with Gasteiger partial charge < -0.3 is 0 Å². The van der Waals surface area contributed by atoms with Crippen LogP contribution in [0.5, 0.6) is 0 Å². The van der Waals surface area contributed by atoms with E-state index in [1.807, 2.05) is 18.2 Å². The van der Waals surface area contributed by atoms with Gasteiger partial charge in [0.15, 0.2) is 0 Å². The topological polar surface area (TPSA) is 37.4 Å². The second-order valence-electron chi connectivity index (χ2n) is 7.05. The zero-order chi connectivity index (χ0) is 15.0. The van der Waals surface area contributed by atoms with Crippen molar-refractivity contribution < 1.29 is 9.59 Å². The van der Waals surface area contributed by atoms with Gasteiger partial charge in [0, 0.05) is 5.02 Å². The number of imide groups is 1. The predicted octanol–water partition coefficient (Wildman–Crippen LogP) is 2.89. The lowest BCUT2D eigenvalue weighted by Crippen LogP contribution is -2.40. The number of rotatable bonds is 2. The van der Waals surface area contributed by atoms with Crippen LogP contribution in [-0.2, 0) is 16.1 Å². The molecule has 0 unspecified atom stereocenters. The summed E-state index contributed by atoms with van der Waals surface area (Å²) in [6.45, 7) is 0.347. The molecule has 6 atom stereocenters. The van der Waals surface area contributed by atoms with Crippen molar-refractivity contribution in [1.82, 2.24) is 4.90 Å². The zero-order valence-corrected chi connectivity index (χ0v) is 12.7. The Balaban J connectivity index is 1.47. The van der Waals surface area contributed by atoms with E-state index in [2.05, 4.69) is 12.2 Å². The van der Waals surface area contributed by atoms with Crippen molar-refractivity contribution in [2.75, 3.05) is 0 Å². The molecule has 2 amide bonds. The summed E-state index contributed by atoms with van der Waals surface area (Å²) < 4.78 is 0. The quantitative estimate of drug-likeness (QED) is 0.622. The van der Waals surface area contributed by atoms with Crippen molar-refractivity contribution in [2.24, 2.45) is 35.5 Å². The van der Waals surface area contributed by atoms with Gasteiger partial charge in [-0.25, -0.2) is 0 Å². The Morgan fingerprint density at radius 2 is 1.68 bits per heavy atom. The summed E-state index contributed by atoms with van der Waals surface area (Å²) in [6, 6.07) is 7.40. The first-order chi connectivity index (χ1) is 10.6. The van der Waals surface area contributed by atoms with Crippen LogP contribution in [0.3, 0.4) is 0 Å². The monoisotopic (exact) mass is 313 g/mol. The van der Waals surface area contributed by atoms with Crippen molar-refractivity contribution in [1.29, 1.82) is 0 Å². The fourth-order valence-electron chi connectivity index (χ4n) is 4.99. The molecule has 3 fully saturated rings. The molecule has 0 aromatic heterocycles. The van der Waals surface area contributed by atoms with Crippen LogP contribution in [0.1, 0.15) is 12.0 Å². The Hall–Kier alpha value is -1.61. The van der Waals surface area contributed by atoms with Gasteiger partial charge in [-0.2, -0.15) is 0 Å². The van der Waals surface area contributed by atoms with Gasteiger partial charge in [-0.15, -0.1) is 0 Å². The number of carbonyl (C=O) groups excluding carboxylic acids is 2. The molecule has 112 valence electrons. The number of benzene rings is 1. The number of likely N-dealkylation sites (tertiary alicyclic amines) is 1. The van der Waals surface area contributed by atoms with Crippen molar-refractivity contribution in [2.45, 2.75) is 13.0 Å². The molecular formula is C18H16ClNO2. The number of carbonyl (C=O) groups is 2. The van der Waals surface area contributed by atoms with E-state index >= 15 is 0 Å². The Kier molecular flexibility index (Phi) is 2.48. The highest BCUT2D eigenvalue weighted by Gasteiger charge is 2.66. The van der Waals surface area contributed by atoms with E-state index in [0.29, 0.717) is 35.2 Å². The molecule has 3 nitrogen and oxygen atoms in total. The van der Waals surface area contributed by atoms with Gasteiger partial charge in [0.25, 0.3) is 0 Å². The largest absolute Gasteiger partial charge is 0.278 e. The van der Waals surface area contributed by atoms with E-state index in [1.54, 1.807) is 6.07 Å². The highest BCUT2D eigenvalue weighted by Crippen LogP contribution is 2.65. The first-order valence-electron chi connectivity index (χ1n) is 7.93. The lowest BCUT2D eigenvalue weighted by atomic mass is 9.63. The lowest BCUT2D eigenvalue weighted by Gasteiger charge is -2.37. The third-order valence-electron chi connectivity index (χ3n) is 5.98. The molecular weight excluding hydrogens is 298 g/mol. The Bertz CT molecular complexity index is 692. The molecule has 1 aliphatic heterocycles. The van der Waals surface area contributed by atoms with E-state index in [-0.39, 0.29) is 23.7 Å². The number of halogens is 1. The highest BCUT2D eigenvalue weighted by molar-refractivity contribution is 6.30. The minimum atomic E-state index is -0.106. The summed E-state index contributed by atoms with van der Waals surface area (Å²) in [5, 5.41) is 0.636. The van der Waals surface area contributed by atoms with Crippen LogP contribution >= 0.6 is 11.6 Å². The maximum Gasteiger partial charge on any atom is 0.234 e. The lowest BCUT2D eigenvalue weighted by molar-refractivity contribution is -0.140. The second kappa shape index (κ2) is 4.23. The average molecular weight is 314 g/mol. The van der Waals surface area contributed by atoms with Crippen molar-refractivity contribution in [3.05, 3.63) is 47.0 Å². The van der Waals surface area contributed by atoms with Gasteiger partial charge in [0.05, 0.1) is 18.4 Å². The maximum absolute atomic E-state index is 12.8. The average Bonchev–Trinajstić information content (AvgIpc) is 3.29. The molecule has 0 N–H and O–H groups in total. The second-order valence-corrected chi connectivity index (χ2v) is 7.48. The van der Waals surface area contributed by atoms with E-state index in [4.69, 9.17) is 11.6 Å². The third kappa shape index (κ3) is 1.58. The molecule has 2 saturated carbocycles. The molecule has 22 heavy (non-hydrogen) atoms. The highest BCUT2D eigenvalue weighted by atomic mass is 35.5. The number of hydrogen-bond acceptors (Lipinski definition) is 2. The normalized spacial score (nSPS) is 40.9. The molecule has 5 aliphatic rings. The summed E-state index contributed by atoms with van der Waals surface area (Å²) in [5.74, 6) is 1.73. The van der Waals surface area contributed by atoms with Gasteiger partial charge in [0.2, 0.25) is 11.8 Å². The standard InChI is InChI=1S/C18H16ClNO2/c19-10-3-1-2-9(6-10)8-20-17(21)15-11-4-5-12(14-7-13(11)14)16(15)18(20)22/h1-6,11-16H,7-8H2/t11-,12-,13-,14+,15-,16+/m0/s1. The third-order valence-corrected chi connectivity index (χ3v) is 6.22. The van der Waals surface area contributed by atoms with E-state index in [1.165, 1.54) is 11.3 Å². The van der Waals surface area contributed by atoms with Gasteiger partial charge >= 0.3 is 0 Å². The zero-order valence-electron chi connectivity index (χ0n) is 12.0. The molecule has 0 radical (unpaired) electrons. The molecule has 4 aliphatic carbocycles. The predicted molar refractivity (Wildman–Crippen MR) is 81.7 cm³/mol. The summed E-state index contributed by atoms with van der Waals surface area (Å²) in [4.78, 5) is 27.1. The molecule has 0 spiro atoms. The van der Waals surface area contributed by atoms with Crippen LogP contribution in [0.4, 0.5) is 0 Å². The van der Waals surface area contributed by atoms with Crippen molar-refractivity contribution in [3.63, 3.8) is 0 Å². The van der Waals surface area contributed by atoms with E-state index in [9.17, 15) is 9.59 Å². The van der Waals surface area contributed by atoms with Crippen LogP contribution < -0.4 is 0 Å². The molecule has 1 aromatic carbocycles. The molecule has 1 heterocycles. The van der Waals surface area contributed by atoms with E-state index < -0.39 is 0 Å². The van der Waals surface area contributed by atoms with Crippen LogP contribution in [0, 0.1) is 35.5 Å². The maximum atomic E-state index is 12.8. The van der Waals surface area contributed by atoms with Crippen LogP contribution in [0.15, 0.2) is 36.4 Å². The Morgan fingerprint density at radius 3 is 2.27 bits per heavy atom. The SMILES string of the molecule is O=C1[C@@H]2[C@H]3C=C[C@@H]([C@@H]4C[C@H]34)[C@@H]2C(=O)N1Cc1cccc(Cl)c1. The van der Waals surface area contributed by atoms with Crippen LogP contribution in [0.25, 0.3) is 0 Å². The number of nitrogens with zero attached hydrogens (tertiary/aromatic N) is 1. The van der Waals surface area contributed by atoms with Gasteiger partial charge in [-0.05, 0) is 47.8 Å². The molecule has 1 saturated heterocycles. The van der Waals surface area contributed by atoms with E-state index in [0.717, 1.165) is 5.56 Å². The summed E-state index contributed by atoms with van der Waals surface area (Å²) in [5.41, 5.74) is 0.915. The van der Waals surface area contributed by atoms with Crippen molar-refractivity contribution >= 4 is 23.4 Å². The number of allylic oxidation sites excluding steroid dienone is 2. The summed E-state index contributed by atoms with van der Waals surface area (Å²) in [6.07, 6.45) is 5.60. The molecule has 2 bridgehead atoms. The smallest absolute Gasteiger partial charge is 0.234 e. The van der Waals surface area contributed by atoms with Gasteiger partial charge in [0.1, 0.15) is 0 Å². The van der Waals surface area contributed by atoms with Crippen LogP contribution in [0.2, 0.25) is 5.02 Å².